The summed E-state index contributed by atoms with van der Waals surface area (Å²) in [5.74, 6) is -0.410. The number of carbonyl (C=O) groups excluding carboxylic acids is 1. The summed E-state index contributed by atoms with van der Waals surface area (Å²) in [6.07, 6.45) is -0.212. The molecule has 2 rings (SSSR count). The summed E-state index contributed by atoms with van der Waals surface area (Å²) in [6.45, 7) is 0.342. The van der Waals surface area contributed by atoms with E-state index in [1.165, 1.54) is 17.0 Å². The highest BCUT2D eigenvalue weighted by Crippen LogP contribution is 2.37. The average Bonchev–Trinajstić information content (AvgIpc) is 2.29. The van der Waals surface area contributed by atoms with Gasteiger partial charge in [-0.05, 0) is 6.54 Å². The number of halogens is 2. The van der Waals surface area contributed by atoms with Gasteiger partial charge in [-0.2, -0.15) is 0 Å². The number of nitrogens with two attached hydrogens (primary N) is 1. The van der Waals surface area contributed by atoms with E-state index in [0.717, 1.165) is 0 Å². The van der Waals surface area contributed by atoms with Crippen molar-refractivity contribution in [1.29, 1.82) is 0 Å². The molecule has 0 spiro atoms. The highest BCUT2D eigenvalue weighted by molar-refractivity contribution is 6.31. The van der Waals surface area contributed by atoms with Gasteiger partial charge in [0.05, 0.1) is 10.7 Å². The van der Waals surface area contributed by atoms with E-state index in [0.29, 0.717) is 24.4 Å². The maximum absolute atomic E-state index is 13.3. The molecule has 17 heavy (non-hydrogen) atoms. The van der Waals surface area contributed by atoms with Crippen LogP contribution in [-0.4, -0.2) is 25.6 Å². The van der Waals surface area contributed by atoms with Crippen LogP contribution in [0.15, 0.2) is 12.1 Å². The zero-order valence-electron chi connectivity index (χ0n) is 9.24. The maximum Gasteiger partial charge on any atom is 0.267 e. The van der Waals surface area contributed by atoms with E-state index in [9.17, 15) is 9.18 Å². The predicted molar refractivity (Wildman–Crippen MR) is 62.9 cm³/mol. The molecule has 1 amide bonds. The molecular weight excluding hydrogens is 247 g/mol. The number of hydrogen-bond donors (Lipinski definition) is 1. The molecule has 0 aliphatic carbocycles. The van der Waals surface area contributed by atoms with Gasteiger partial charge in [-0.1, -0.05) is 11.6 Å². The van der Waals surface area contributed by atoms with Gasteiger partial charge in [0.1, 0.15) is 11.6 Å². The highest BCUT2D eigenvalue weighted by Gasteiger charge is 2.32. The third-order valence-corrected chi connectivity index (χ3v) is 2.96. The molecule has 1 unspecified atom stereocenters. The second-order valence-electron chi connectivity index (χ2n) is 3.82. The lowest BCUT2D eigenvalue weighted by Crippen LogP contribution is -2.44. The SMILES string of the molecule is CN1C(=O)C(CCN)Oc2cc(Cl)c(F)cc21. The fourth-order valence-corrected chi connectivity index (χ4v) is 1.90. The van der Waals surface area contributed by atoms with E-state index in [1.807, 2.05) is 0 Å². The fraction of sp³-hybridized carbons (Fsp3) is 0.364. The van der Waals surface area contributed by atoms with Crippen LogP contribution in [0.4, 0.5) is 10.1 Å². The summed E-state index contributed by atoms with van der Waals surface area (Å²) in [4.78, 5) is 13.2. The second kappa shape index (κ2) is 4.50. The number of fused-ring (bicyclic) bond motifs is 1. The molecule has 4 nitrogen and oxygen atoms in total. The van der Waals surface area contributed by atoms with Gasteiger partial charge in [0.15, 0.2) is 6.10 Å². The average molecular weight is 259 g/mol. The third kappa shape index (κ3) is 2.08. The van der Waals surface area contributed by atoms with Crippen LogP contribution >= 0.6 is 11.6 Å². The first kappa shape index (κ1) is 12.1. The molecule has 1 atom stereocenters. The Morgan fingerprint density at radius 1 is 1.59 bits per heavy atom. The zero-order valence-corrected chi connectivity index (χ0v) is 10.00. The fourth-order valence-electron chi connectivity index (χ4n) is 1.75. The summed E-state index contributed by atoms with van der Waals surface area (Å²) in [5, 5.41) is -0.0296. The lowest BCUT2D eigenvalue weighted by Gasteiger charge is -2.31. The Morgan fingerprint density at radius 3 is 2.94 bits per heavy atom. The summed E-state index contributed by atoms with van der Waals surface area (Å²) in [7, 11) is 1.57. The number of benzene rings is 1. The molecule has 0 saturated carbocycles. The molecule has 92 valence electrons. The monoisotopic (exact) mass is 258 g/mol. The van der Waals surface area contributed by atoms with E-state index in [4.69, 9.17) is 22.1 Å². The van der Waals surface area contributed by atoms with Crippen molar-refractivity contribution in [2.45, 2.75) is 12.5 Å². The topological polar surface area (TPSA) is 55.6 Å². The summed E-state index contributed by atoms with van der Waals surface area (Å²) in [6, 6.07) is 2.56. The van der Waals surface area contributed by atoms with Gasteiger partial charge in [-0.25, -0.2) is 4.39 Å². The number of ether oxygens (including phenoxy) is 1. The Morgan fingerprint density at radius 2 is 2.29 bits per heavy atom. The number of hydrogen-bond acceptors (Lipinski definition) is 3. The van der Waals surface area contributed by atoms with Crippen LogP contribution in [0.3, 0.4) is 0 Å². The zero-order chi connectivity index (χ0) is 12.6. The van der Waals surface area contributed by atoms with Gasteiger partial charge in [0, 0.05) is 25.6 Å². The van der Waals surface area contributed by atoms with Crippen LogP contribution in [-0.2, 0) is 4.79 Å². The smallest absolute Gasteiger partial charge is 0.267 e. The van der Waals surface area contributed by atoms with Crippen molar-refractivity contribution in [1.82, 2.24) is 0 Å². The van der Waals surface area contributed by atoms with E-state index in [-0.39, 0.29) is 10.9 Å². The van der Waals surface area contributed by atoms with Crippen molar-refractivity contribution in [2.75, 3.05) is 18.5 Å². The summed E-state index contributed by atoms with van der Waals surface area (Å²) >= 11 is 5.67. The van der Waals surface area contributed by atoms with Crippen molar-refractivity contribution in [3.05, 3.63) is 23.0 Å². The first-order valence-corrected chi connectivity index (χ1v) is 5.55. The van der Waals surface area contributed by atoms with Crippen molar-refractivity contribution in [3.63, 3.8) is 0 Å². The van der Waals surface area contributed by atoms with E-state index < -0.39 is 11.9 Å². The lowest BCUT2D eigenvalue weighted by atomic mass is 10.1. The van der Waals surface area contributed by atoms with Gasteiger partial charge in [-0.15, -0.1) is 0 Å². The molecule has 1 aliphatic rings. The molecular formula is C11H12ClFN2O2. The number of likely N-dealkylation sites (N-methyl/N-ethyl adjacent to an activating group) is 1. The van der Waals surface area contributed by atoms with Crippen molar-refractivity contribution >= 4 is 23.2 Å². The molecule has 1 aliphatic heterocycles. The van der Waals surface area contributed by atoms with E-state index in [1.54, 1.807) is 7.05 Å². The van der Waals surface area contributed by atoms with Gasteiger partial charge in [-0.3, -0.25) is 4.79 Å². The first-order chi connectivity index (χ1) is 8.04. The molecule has 0 aromatic heterocycles. The largest absolute Gasteiger partial charge is 0.478 e. The Balaban J connectivity index is 2.42. The first-order valence-electron chi connectivity index (χ1n) is 5.18. The Hall–Kier alpha value is -1.33. The number of rotatable bonds is 2. The minimum Gasteiger partial charge on any atom is -0.478 e. The molecule has 0 fully saturated rings. The second-order valence-corrected chi connectivity index (χ2v) is 4.22. The quantitative estimate of drug-likeness (QED) is 0.876. The van der Waals surface area contributed by atoms with Crippen LogP contribution in [0, 0.1) is 5.82 Å². The van der Waals surface area contributed by atoms with Gasteiger partial charge in [0.2, 0.25) is 0 Å². The summed E-state index contributed by atoms with van der Waals surface area (Å²) in [5.41, 5.74) is 5.78. The third-order valence-electron chi connectivity index (χ3n) is 2.67. The van der Waals surface area contributed by atoms with Crippen molar-refractivity contribution in [3.8, 4) is 5.75 Å². The Labute approximate surface area is 103 Å². The molecule has 0 radical (unpaired) electrons. The normalized spacial score (nSPS) is 18.9. The van der Waals surface area contributed by atoms with Crippen LogP contribution < -0.4 is 15.4 Å². The predicted octanol–water partition coefficient (Wildman–Crippen LogP) is 1.55. The van der Waals surface area contributed by atoms with Crippen molar-refractivity contribution < 1.29 is 13.9 Å². The van der Waals surface area contributed by atoms with E-state index >= 15 is 0 Å². The van der Waals surface area contributed by atoms with Crippen LogP contribution in [0.5, 0.6) is 5.75 Å². The number of anilines is 1. The van der Waals surface area contributed by atoms with Crippen LogP contribution in [0.2, 0.25) is 5.02 Å². The minimum absolute atomic E-state index is 0.0296. The number of carbonyl (C=O) groups is 1. The standard InChI is InChI=1S/C11H12ClFN2O2/c1-15-8-5-7(13)6(12)4-10(8)17-9(2-3-14)11(15)16/h4-5,9H,2-3,14H2,1H3. The number of nitrogens with zero attached hydrogens (tertiary/aromatic N) is 1. The lowest BCUT2D eigenvalue weighted by molar-refractivity contribution is -0.126. The Kier molecular flexibility index (Phi) is 3.22. The minimum atomic E-state index is -0.626. The molecule has 1 aromatic rings. The maximum atomic E-state index is 13.3. The molecule has 1 aromatic carbocycles. The van der Waals surface area contributed by atoms with Crippen LogP contribution in [0.25, 0.3) is 0 Å². The molecule has 0 saturated heterocycles. The van der Waals surface area contributed by atoms with Crippen molar-refractivity contribution in [2.24, 2.45) is 5.73 Å². The molecule has 6 heteroatoms. The van der Waals surface area contributed by atoms with Crippen LogP contribution in [0.1, 0.15) is 6.42 Å². The molecule has 2 N–H and O–H groups in total. The van der Waals surface area contributed by atoms with Gasteiger partial charge >= 0.3 is 0 Å². The molecule has 0 bridgehead atoms. The molecule has 1 heterocycles. The van der Waals surface area contributed by atoms with E-state index in [2.05, 4.69) is 0 Å². The Bertz CT molecular complexity index is 467. The number of amides is 1. The van der Waals surface area contributed by atoms with Gasteiger partial charge < -0.3 is 15.4 Å². The summed E-state index contributed by atoms with van der Waals surface area (Å²) < 4.78 is 18.8. The highest BCUT2D eigenvalue weighted by atomic mass is 35.5. The van der Waals surface area contributed by atoms with Gasteiger partial charge in [0.25, 0.3) is 5.91 Å².